The molecule has 18 heavy (non-hydrogen) atoms. The summed E-state index contributed by atoms with van der Waals surface area (Å²) >= 11 is 0. The normalized spacial score (nSPS) is 19.4. The van der Waals surface area contributed by atoms with Crippen molar-refractivity contribution in [2.24, 2.45) is 5.92 Å². The van der Waals surface area contributed by atoms with Crippen molar-refractivity contribution in [1.82, 2.24) is 0 Å². The average molecular weight is 246 g/mol. The summed E-state index contributed by atoms with van der Waals surface area (Å²) in [6.07, 6.45) is 6.39. The van der Waals surface area contributed by atoms with Gasteiger partial charge in [-0.2, -0.15) is 0 Å². The van der Waals surface area contributed by atoms with Gasteiger partial charge in [0, 0.05) is 25.2 Å². The minimum atomic E-state index is 0.227. The van der Waals surface area contributed by atoms with E-state index in [0.29, 0.717) is 5.78 Å². The Morgan fingerprint density at radius 1 is 1.28 bits per heavy atom. The summed E-state index contributed by atoms with van der Waals surface area (Å²) in [4.78, 5) is 12.5. The molecule has 2 nitrogen and oxygen atoms in total. The van der Waals surface area contributed by atoms with Crippen LogP contribution in [0.1, 0.15) is 48.0 Å². The van der Waals surface area contributed by atoms with Gasteiger partial charge in [0.15, 0.2) is 5.78 Å². The first-order chi connectivity index (χ1) is 8.83. The molecule has 1 aliphatic carbocycles. The van der Waals surface area contributed by atoms with Crippen LogP contribution in [0.3, 0.4) is 0 Å². The van der Waals surface area contributed by atoms with E-state index in [9.17, 15) is 4.79 Å². The largest absolute Gasteiger partial charge is 0.385 e. The van der Waals surface area contributed by atoms with Crippen molar-refractivity contribution in [1.29, 1.82) is 0 Å². The van der Waals surface area contributed by atoms with E-state index in [1.807, 2.05) is 18.2 Å². The number of fused-ring (bicyclic) bond motifs is 1. The predicted molar refractivity (Wildman–Crippen MR) is 72.9 cm³/mol. The number of benzene rings is 1. The molecule has 2 heteroatoms. The molecule has 2 rings (SSSR count). The van der Waals surface area contributed by atoms with Gasteiger partial charge in [-0.3, -0.25) is 4.79 Å². The monoisotopic (exact) mass is 246 g/mol. The molecule has 0 heterocycles. The molecule has 0 N–H and O–H groups in total. The topological polar surface area (TPSA) is 26.3 Å². The zero-order chi connectivity index (χ0) is 12.8. The highest BCUT2D eigenvalue weighted by Gasteiger charge is 2.24. The highest BCUT2D eigenvalue weighted by atomic mass is 16.5. The van der Waals surface area contributed by atoms with Gasteiger partial charge < -0.3 is 4.74 Å². The molecule has 0 aromatic heterocycles. The molecule has 0 aliphatic heterocycles. The van der Waals surface area contributed by atoms with Crippen LogP contribution in [0.5, 0.6) is 0 Å². The summed E-state index contributed by atoms with van der Waals surface area (Å²) in [7, 11) is 1.73. The number of rotatable bonds is 5. The van der Waals surface area contributed by atoms with E-state index in [0.717, 1.165) is 50.7 Å². The number of aryl methyl sites for hydroxylation is 1. The lowest BCUT2D eigenvalue weighted by Gasteiger charge is -2.13. The summed E-state index contributed by atoms with van der Waals surface area (Å²) < 4.78 is 5.05. The fourth-order valence-electron chi connectivity index (χ4n) is 2.78. The van der Waals surface area contributed by atoms with Crippen LogP contribution in [0.25, 0.3) is 0 Å². The van der Waals surface area contributed by atoms with Gasteiger partial charge >= 0.3 is 0 Å². The third-order valence-corrected chi connectivity index (χ3v) is 3.80. The molecule has 0 spiro atoms. The summed E-state index contributed by atoms with van der Waals surface area (Å²) in [5.41, 5.74) is 2.20. The van der Waals surface area contributed by atoms with Crippen LogP contribution in [0.4, 0.5) is 0 Å². The molecule has 1 atom stereocenters. The Kier molecular flexibility index (Phi) is 4.94. The molecule has 0 fully saturated rings. The molecule has 1 aromatic carbocycles. The summed E-state index contributed by atoms with van der Waals surface area (Å²) in [6, 6.07) is 8.10. The van der Waals surface area contributed by atoms with Gasteiger partial charge in [0.2, 0.25) is 0 Å². The van der Waals surface area contributed by atoms with Crippen molar-refractivity contribution >= 4 is 5.78 Å². The summed E-state index contributed by atoms with van der Waals surface area (Å²) in [6.45, 7) is 0.803. The number of carbonyl (C=O) groups excluding carboxylic acids is 1. The van der Waals surface area contributed by atoms with E-state index in [4.69, 9.17) is 4.74 Å². The van der Waals surface area contributed by atoms with E-state index in [1.165, 1.54) is 5.56 Å². The molecule has 1 unspecified atom stereocenters. The number of ketones is 1. The van der Waals surface area contributed by atoms with Gasteiger partial charge in [0.1, 0.15) is 0 Å². The summed E-state index contributed by atoms with van der Waals surface area (Å²) in [5, 5.41) is 0. The van der Waals surface area contributed by atoms with Crippen molar-refractivity contribution in [3.63, 3.8) is 0 Å². The van der Waals surface area contributed by atoms with Gasteiger partial charge in [-0.05, 0) is 37.7 Å². The number of methoxy groups -OCH3 is 1. The van der Waals surface area contributed by atoms with Crippen LogP contribution in [0.2, 0.25) is 0 Å². The van der Waals surface area contributed by atoms with E-state index < -0.39 is 0 Å². The Balaban J connectivity index is 1.99. The second kappa shape index (κ2) is 6.69. The molecule has 1 aliphatic rings. The van der Waals surface area contributed by atoms with E-state index in [-0.39, 0.29) is 5.92 Å². The standard InChI is InChI=1S/C16H22O2/c1-18-12-5-4-8-14-10-6-9-13-7-2-3-11-15(13)16(14)17/h2-3,7,11,14H,4-6,8-10,12H2,1H3. The predicted octanol–water partition coefficient (Wildman–Crippen LogP) is 3.64. The lowest BCUT2D eigenvalue weighted by atomic mass is 9.90. The SMILES string of the molecule is COCCCCC1CCCc2ccccc2C1=O. The highest BCUT2D eigenvalue weighted by molar-refractivity contribution is 5.99. The molecule has 1 aromatic rings. The molecular weight excluding hydrogens is 224 g/mol. The average Bonchev–Trinajstić information content (AvgIpc) is 2.56. The molecule has 0 radical (unpaired) electrons. The van der Waals surface area contributed by atoms with E-state index >= 15 is 0 Å². The number of Topliss-reactive ketones (excluding diaryl/α,β-unsaturated/α-hetero) is 1. The number of hydrogen-bond donors (Lipinski definition) is 0. The quantitative estimate of drug-likeness (QED) is 0.585. The second-order valence-corrected chi connectivity index (χ2v) is 5.10. The van der Waals surface area contributed by atoms with Gasteiger partial charge in [-0.25, -0.2) is 0 Å². The van der Waals surface area contributed by atoms with Crippen LogP contribution >= 0.6 is 0 Å². The maximum absolute atomic E-state index is 12.5. The van der Waals surface area contributed by atoms with Crippen molar-refractivity contribution in [2.45, 2.75) is 38.5 Å². The molecule has 0 amide bonds. The summed E-state index contributed by atoms with van der Waals surface area (Å²) in [5.74, 6) is 0.589. The van der Waals surface area contributed by atoms with Crippen LogP contribution in [0, 0.1) is 5.92 Å². The van der Waals surface area contributed by atoms with Gasteiger partial charge in [0.05, 0.1) is 0 Å². The Hall–Kier alpha value is -1.15. The third-order valence-electron chi connectivity index (χ3n) is 3.80. The highest BCUT2D eigenvalue weighted by Crippen LogP contribution is 2.27. The van der Waals surface area contributed by atoms with Crippen LogP contribution < -0.4 is 0 Å². The first-order valence-corrected chi connectivity index (χ1v) is 6.94. The number of carbonyl (C=O) groups is 1. The Labute approximate surface area is 109 Å². The van der Waals surface area contributed by atoms with Crippen molar-refractivity contribution in [2.75, 3.05) is 13.7 Å². The van der Waals surface area contributed by atoms with Crippen LogP contribution in [-0.4, -0.2) is 19.5 Å². The van der Waals surface area contributed by atoms with Crippen LogP contribution in [-0.2, 0) is 11.2 Å². The molecule has 0 saturated heterocycles. The van der Waals surface area contributed by atoms with Crippen molar-refractivity contribution < 1.29 is 9.53 Å². The number of hydrogen-bond acceptors (Lipinski definition) is 2. The fraction of sp³-hybridized carbons (Fsp3) is 0.562. The zero-order valence-corrected chi connectivity index (χ0v) is 11.2. The maximum atomic E-state index is 12.5. The minimum absolute atomic E-state index is 0.227. The van der Waals surface area contributed by atoms with E-state index in [1.54, 1.807) is 7.11 Å². The van der Waals surface area contributed by atoms with Crippen molar-refractivity contribution in [3.05, 3.63) is 35.4 Å². The smallest absolute Gasteiger partial charge is 0.166 e. The second-order valence-electron chi connectivity index (χ2n) is 5.10. The third kappa shape index (κ3) is 3.20. The zero-order valence-electron chi connectivity index (χ0n) is 11.2. The fourth-order valence-corrected chi connectivity index (χ4v) is 2.78. The lowest BCUT2D eigenvalue weighted by Crippen LogP contribution is -2.14. The first kappa shape index (κ1) is 13.3. The van der Waals surface area contributed by atoms with Gasteiger partial charge in [-0.15, -0.1) is 0 Å². The molecule has 0 saturated carbocycles. The van der Waals surface area contributed by atoms with Gasteiger partial charge in [0.25, 0.3) is 0 Å². The Morgan fingerprint density at radius 2 is 2.11 bits per heavy atom. The Bertz CT molecular complexity index is 398. The maximum Gasteiger partial charge on any atom is 0.166 e. The van der Waals surface area contributed by atoms with E-state index in [2.05, 4.69) is 6.07 Å². The molecular formula is C16H22O2. The van der Waals surface area contributed by atoms with Crippen LogP contribution in [0.15, 0.2) is 24.3 Å². The van der Waals surface area contributed by atoms with Gasteiger partial charge in [-0.1, -0.05) is 30.7 Å². The Morgan fingerprint density at radius 3 is 2.94 bits per heavy atom. The number of ether oxygens (including phenoxy) is 1. The lowest BCUT2D eigenvalue weighted by molar-refractivity contribution is 0.0904. The first-order valence-electron chi connectivity index (χ1n) is 6.94. The number of unbranched alkanes of at least 4 members (excludes halogenated alkanes) is 1. The van der Waals surface area contributed by atoms with Crippen molar-refractivity contribution in [3.8, 4) is 0 Å². The molecule has 0 bridgehead atoms. The minimum Gasteiger partial charge on any atom is -0.385 e. The molecule has 98 valence electrons.